The van der Waals surface area contributed by atoms with Gasteiger partial charge in [0.05, 0.1) is 5.69 Å². The highest BCUT2D eigenvalue weighted by atomic mass is 35.5. The summed E-state index contributed by atoms with van der Waals surface area (Å²) in [6, 6.07) is 8.14. The molecule has 1 amide bonds. The Kier molecular flexibility index (Phi) is 4.56. The zero-order valence-corrected chi connectivity index (χ0v) is 12.4. The molecule has 0 radical (unpaired) electrons. The Hall–Kier alpha value is -1.39. The van der Waals surface area contributed by atoms with Crippen molar-refractivity contribution in [1.29, 1.82) is 0 Å². The number of amides is 1. The first-order chi connectivity index (χ1) is 9.10. The second-order valence-corrected chi connectivity index (χ2v) is 5.62. The van der Waals surface area contributed by atoms with E-state index in [1.165, 1.54) is 16.9 Å². The largest absolute Gasteiger partial charge is 0.302 e. The molecule has 19 heavy (non-hydrogen) atoms. The van der Waals surface area contributed by atoms with Gasteiger partial charge in [-0.3, -0.25) is 4.79 Å². The van der Waals surface area contributed by atoms with E-state index in [9.17, 15) is 4.79 Å². The average Bonchev–Trinajstić information content (AvgIpc) is 2.87. The number of rotatable bonds is 4. The lowest BCUT2D eigenvalue weighted by Crippen LogP contribution is -2.21. The SMILES string of the molecule is Cc1ccc(-c2csc(NC(=O)C(C)CCl)n2)cc1. The van der Waals surface area contributed by atoms with Crippen LogP contribution in [-0.4, -0.2) is 16.8 Å². The van der Waals surface area contributed by atoms with Gasteiger partial charge < -0.3 is 5.32 Å². The van der Waals surface area contributed by atoms with E-state index in [4.69, 9.17) is 11.6 Å². The van der Waals surface area contributed by atoms with Gasteiger partial charge in [0.1, 0.15) is 0 Å². The lowest BCUT2D eigenvalue weighted by atomic mass is 10.1. The lowest BCUT2D eigenvalue weighted by Gasteiger charge is -2.05. The highest BCUT2D eigenvalue weighted by Gasteiger charge is 2.13. The van der Waals surface area contributed by atoms with Crippen molar-refractivity contribution in [3.8, 4) is 11.3 Å². The summed E-state index contributed by atoms with van der Waals surface area (Å²) in [7, 11) is 0. The van der Waals surface area contributed by atoms with Gasteiger partial charge in [-0.1, -0.05) is 36.8 Å². The number of alkyl halides is 1. The molecular formula is C14H15ClN2OS. The molecule has 0 bridgehead atoms. The Morgan fingerprint density at radius 3 is 2.74 bits per heavy atom. The number of aryl methyl sites for hydroxylation is 1. The van der Waals surface area contributed by atoms with Crippen LogP contribution in [0.5, 0.6) is 0 Å². The summed E-state index contributed by atoms with van der Waals surface area (Å²) in [5.41, 5.74) is 3.13. The molecule has 1 aromatic heterocycles. The normalized spacial score (nSPS) is 12.2. The number of carbonyl (C=O) groups excluding carboxylic acids is 1. The third-order valence-electron chi connectivity index (χ3n) is 2.76. The molecule has 0 fully saturated rings. The molecular weight excluding hydrogens is 280 g/mol. The molecule has 1 unspecified atom stereocenters. The van der Waals surface area contributed by atoms with Gasteiger partial charge in [0.15, 0.2) is 5.13 Å². The van der Waals surface area contributed by atoms with Crippen LogP contribution in [0.25, 0.3) is 11.3 Å². The first-order valence-corrected chi connectivity index (χ1v) is 7.41. The number of hydrogen-bond acceptors (Lipinski definition) is 3. The van der Waals surface area contributed by atoms with Gasteiger partial charge in [-0.2, -0.15) is 0 Å². The quantitative estimate of drug-likeness (QED) is 0.868. The number of anilines is 1. The van der Waals surface area contributed by atoms with Crippen LogP contribution in [0.2, 0.25) is 0 Å². The van der Waals surface area contributed by atoms with Gasteiger partial charge in [0.2, 0.25) is 5.91 Å². The summed E-state index contributed by atoms with van der Waals surface area (Å²) in [4.78, 5) is 16.1. The molecule has 1 heterocycles. The Balaban J connectivity index is 2.11. The number of aromatic nitrogens is 1. The standard InChI is InChI=1S/C14H15ClN2OS/c1-9-3-5-11(6-4-9)12-8-19-14(16-12)17-13(18)10(2)7-15/h3-6,8,10H,7H2,1-2H3,(H,16,17,18). The van der Waals surface area contributed by atoms with Crippen LogP contribution in [0.1, 0.15) is 12.5 Å². The maximum Gasteiger partial charge on any atom is 0.230 e. The van der Waals surface area contributed by atoms with Crippen molar-refractivity contribution in [3.63, 3.8) is 0 Å². The molecule has 0 aliphatic rings. The monoisotopic (exact) mass is 294 g/mol. The van der Waals surface area contributed by atoms with Crippen LogP contribution < -0.4 is 5.32 Å². The number of thiazole rings is 1. The van der Waals surface area contributed by atoms with Crippen molar-refractivity contribution in [3.05, 3.63) is 35.2 Å². The van der Waals surface area contributed by atoms with E-state index in [0.717, 1.165) is 11.3 Å². The molecule has 1 atom stereocenters. The van der Waals surface area contributed by atoms with Crippen LogP contribution in [0.4, 0.5) is 5.13 Å². The topological polar surface area (TPSA) is 42.0 Å². The average molecular weight is 295 g/mol. The van der Waals surface area contributed by atoms with Crippen molar-refractivity contribution in [1.82, 2.24) is 4.98 Å². The molecule has 0 spiro atoms. The van der Waals surface area contributed by atoms with E-state index in [1.54, 1.807) is 6.92 Å². The molecule has 1 N–H and O–H groups in total. The van der Waals surface area contributed by atoms with Crippen LogP contribution in [-0.2, 0) is 4.79 Å². The van der Waals surface area contributed by atoms with Crippen molar-refractivity contribution in [2.75, 3.05) is 11.2 Å². The number of halogens is 1. The summed E-state index contributed by atoms with van der Waals surface area (Å²) < 4.78 is 0. The van der Waals surface area contributed by atoms with Gasteiger partial charge in [0, 0.05) is 22.7 Å². The molecule has 3 nitrogen and oxygen atoms in total. The van der Waals surface area contributed by atoms with Gasteiger partial charge in [0.25, 0.3) is 0 Å². The zero-order chi connectivity index (χ0) is 13.8. The fourth-order valence-corrected chi connectivity index (χ4v) is 2.35. The molecule has 1 aromatic carbocycles. The fraction of sp³-hybridized carbons (Fsp3) is 0.286. The van der Waals surface area contributed by atoms with Crippen LogP contribution in [0.3, 0.4) is 0 Å². The molecule has 0 aliphatic carbocycles. The van der Waals surface area contributed by atoms with Gasteiger partial charge in [-0.15, -0.1) is 22.9 Å². The van der Waals surface area contributed by atoms with Crippen LogP contribution in [0, 0.1) is 12.8 Å². The summed E-state index contributed by atoms with van der Waals surface area (Å²) in [5, 5.41) is 5.32. The third kappa shape index (κ3) is 3.55. The van der Waals surface area contributed by atoms with Gasteiger partial charge in [-0.25, -0.2) is 4.98 Å². The Bertz CT molecular complexity index is 565. The smallest absolute Gasteiger partial charge is 0.230 e. The lowest BCUT2D eigenvalue weighted by molar-refractivity contribution is -0.118. The summed E-state index contributed by atoms with van der Waals surface area (Å²) in [6.45, 7) is 3.83. The van der Waals surface area contributed by atoms with Crippen LogP contribution in [0.15, 0.2) is 29.6 Å². The number of benzene rings is 1. The van der Waals surface area contributed by atoms with Crippen LogP contribution >= 0.6 is 22.9 Å². The van der Waals surface area contributed by atoms with E-state index in [0.29, 0.717) is 11.0 Å². The van der Waals surface area contributed by atoms with E-state index in [-0.39, 0.29) is 11.8 Å². The van der Waals surface area contributed by atoms with Gasteiger partial charge in [-0.05, 0) is 6.92 Å². The number of hydrogen-bond donors (Lipinski definition) is 1. The first-order valence-electron chi connectivity index (χ1n) is 5.99. The van der Waals surface area contributed by atoms with E-state index in [1.807, 2.05) is 36.6 Å². The highest BCUT2D eigenvalue weighted by Crippen LogP contribution is 2.25. The molecule has 2 rings (SSSR count). The third-order valence-corrected chi connectivity index (χ3v) is 3.98. The molecule has 0 saturated heterocycles. The minimum absolute atomic E-state index is 0.0974. The van der Waals surface area contributed by atoms with E-state index >= 15 is 0 Å². The summed E-state index contributed by atoms with van der Waals surface area (Å²) in [5.74, 6) is -0.00429. The minimum Gasteiger partial charge on any atom is -0.302 e. The minimum atomic E-state index is -0.214. The summed E-state index contributed by atoms with van der Waals surface area (Å²) >= 11 is 7.07. The Labute approximate surface area is 121 Å². The molecule has 100 valence electrons. The Morgan fingerprint density at radius 1 is 1.42 bits per heavy atom. The van der Waals surface area contributed by atoms with Crippen molar-refractivity contribution >= 4 is 34.0 Å². The second-order valence-electron chi connectivity index (χ2n) is 4.45. The number of carbonyl (C=O) groups is 1. The zero-order valence-electron chi connectivity index (χ0n) is 10.8. The Morgan fingerprint density at radius 2 is 2.11 bits per heavy atom. The van der Waals surface area contributed by atoms with Crippen molar-refractivity contribution in [2.45, 2.75) is 13.8 Å². The molecule has 0 saturated carbocycles. The highest BCUT2D eigenvalue weighted by molar-refractivity contribution is 7.14. The maximum absolute atomic E-state index is 11.7. The number of nitrogens with zero attached hydrogens (tertiary/aromatic N) is 1. The van der Waals surface area contributed by atoms with Gasteiger partial charge >= 0.3 is 0 Å². The number of nitrogens with one attached hydrogen (secondary N) is 1. The van der Waals surface area contributed by atoms with Crippen molar-refractivity contribution < 1.29 is 4.79 Å². The summed E-state index contributed by atoms with van der Waals surface area (Å²) in [6.07, 6.45) is 0. The molecule has 5 heteroatoms. The van der Waals surface area contributed by atoms with E-state index < -0.39 is 0 Å². The predicted molar refractivity (Wildman–Crippen MR) is 80.8 cm³/mol. The van der Waals surface area contributed by atoms with E-state index in [2.05, 4.69) is 10.3 Å². The second kappa shape index (κ2) is 6.17. The predicted octanol–water partition coefficient (Wildman–Crippen LogP) is 3.93. The fourth-order valence-electron chi connectivity index (χ4n) is 1.49. The van der Waals surface area contributed by atoms with Crippen molar-refractivity contribution in [2.24, 2.45) is 5.92 Å². The molecule has 2 aromatic rings. The maximum atomic E-state index is 11.7. The molecule has 0 aliphatic heterocycles. The first kappa shape index (κ1) is 14.0.